The van der Waals surface area contributed by atoms with Crippen molar-refractivity contribution in [2.24, 2.45) is 5.92 Å². The molecule has 6 rings (SSSR count). The van der Waals surface area contributed by atoms with Gasteiger partial charge < -0.3 is 24.6 Å². The zero-order valence-electron chi connectivity index (χ0n) is 23.3. The van der Waals surface area contributed by atoms with Crippen LogP contribution in [0.1, 0.15) is 27.4 Å². The van der Waals surface area contributed by atoms with E-state index in [9.17, 15) is 19.5 Å². The molecule has 1 aliphatic rings. The summed E-state index contributed by atoms with van der Waals surface area (Å²) in [5.41, 5.74) is 4.70. The van der Waals surface area contributed by atoms with E-state index in [-0.39, 0.29) is 37.2 Å². The topological polar surface area (TPSA) is 142 Å². The van der Waals surface area contributed by atoms with E-state index in [1.165, 1.54) is 12.4 Å². The molecule has 0 saturated carbocycles. The molecular formula is C32H28N6O5. The molecule has 2 N–H and O–H groups in total. The third kappa shape index (κ3) is 5.91. The van der Waals surface area contributed by atoms with E-state index >= 15 is 0 Å². The number of nitrogens with one attached hydrogen (secondary N) is 1. The van der Waals surface area contributed by atoms with Gasteiger partial charge in [0.05, 0.1) is 24.2 Å². The number of fused-ring (bicyclic) bond motifs is 1. The van der Waals surface area contributed by atoms with Crippen molar-refractivity contribution in [2.45, 2.75) is 12.3 Å². The largest absolute Gasteiger partial charge is 0.481 e. The van der Waals surface area contributed by atoms with Crippen LogP contribution in [0, 0.1) is 5.92 Å². The SMILES string of the molecule is CN(C(=O)Cc1ccc2nc(Nc3cccnc3)oc2c1)c1ccc(C2CN(C(=O)c3ccncc3)CC2C(=O)O)cc1. The predicted molar refractivity (Wildman–Crippen MR) is 159 cm³/mol. The Bertz CT molecular complexity index is 1780. The van der Waals surface area contributed by atoms with E-state index in [1.54, 1.807) is 65.6 Å². The molecular weight excluding hydrogens is 548 g/mol. The number of oxazole rings is 1. The number of amides is 2. The molecule has 0 spiro atoms. The van der Waals surface area contributed by atoms with Crippen molar-refractivity contribution < 1.29 is 23.9 Å². The van der Waals surface area contributed by atoms with E-state index in [4.69, 9.17) is 4.42 Å². The maximum Gasteiger partial charge on any atom is 0.308 e. The van der Waals surface area contributed by atoms with Crippen LogP contribution in [-0.2, 0) is 16.0 Å². The van der Waals surface area contributed by atoms with Crippen LogP contribution in [0.25, 0.3) is 11.1 Å². The van der Waals surface area contributed by atoms with Gasteiger partial charge in [0, 0.05) is 55.9 Å². The summed E-state index contributed by atoms with van der Waals surface area (Å²) in [6.07, 6.45) is 6.57. The molecule has 1 saturated heterocycles. The third-order valence-electron chi connectivity index (χ3n) is 7.66. The van der Waals surface area contributed by atoms with E-state index in [2.05, 4.69) is 20.3 Å². The summed E-state index contributed by atoms with van der Waals surface area (Å²) in [6, 6.07) is 20.0. The van der Waals surface area contributed by atoms with Crippen LogP contribution in [0.4, 0.5) is 17.4 Å². The minimum Gasteiger partial charge on any atom is -0.481 e. The van der Waals surface area contributed by atoms with Gasteiger partial charge in [0.1, 0.15) is 5.52 Å². The van der Waals surface area contributed by atoms with Gasteiger partial charge in [0.2, 0.25) is 5.91 Å². The summed E-state index contributed by atoms with van der Waals surface area (Å²) >= 11 is 0. The van der Waals surface area contributed by atoms with Crippen LogP contribution in [0.3, 0.4) is 0 Å². The summed E-state index contributed by atoms with van der Waals surface area (Å²) in [5, 5.41) is 13.0. The van der Waals surface area contributed by atoms with E-state index in [0.29, 0.717) is 28.4 Å². The second-order valence-corrected chi connectivity index (χ2v) is 10.4. The normalized spacial score (nSPS) is 16.3. The molecule has 11 heteroatoms. The lowest BCUT2D eigenvalue weighted by atomic mass is 9.89. The second kappa shape index (κ2) is 11.7. The van der Waals surface area contributed by atoms with Crippen LogP contribution in [0.15, 0.2) is 95.9 Å². The summed E-state index contributed by atoms with van der Waals surface area (Å²) in [4.78, 5) is 53.8. The van der Waals surface area contributed by atoms with Crippen molar-refractivity contribution in [3.05, 3.63) is 108 Å². The fourth-order valence-electron chi connectivity index (χ4n) is 5.31. The lowest BCUT2D eigenvalue weighted by molar-refractivity contribution is -0.141. The minimum absolute atomic E-state index is 0.123. The maximum atomic E-state index is 13.2. The number of anilines is 3. The average molecular weight is 577 g/mol. The fourth-order valence-corrected chi connectivity index (χ4v) is 5.31. The molecule has 2 unspecified atom stereocenters. The highest BCUT2D eigenvalue weighted by Crippen LogP contribution is 2.34. The number of aliphatic carboxylic acids is 1. The van der Waals surface area contributed by atoms with E-state index < -0.39 is 11.9 Å². The van der Waals surface area contributed by atoms with Gasteiger partial charge in [-0.1, -0.05) is 18.2 Å². The van der Waals surface area contributed by atoms with Crippen LogP contribution in [-0.4, -0.2) is 62.9 Å². The van der Waals surface area contributed by atoms with Gasteiger partial charge in [-0.2, -0.15) is 4.98 Å². The molecule has 5 aromatic rings. The second-order valence-electron chi connectivity index (χ2n) is 10.4. The third-order valence-corrected chi connectivity index (χ3v) is 7.66. The maximum absolute atomic E-state index is 13.2. The summed E-state index contributed by atoms with van der Waals surface area (Å²) < 4.78 is 5.83. The molecule has 216 valence electrons. The van der Waals surface area contributed by atoms with Crippen molar-refractivity contribution in [3.63, 3.8) is 0 Å². The molecule has 2 aromatic carbocycles. The Morgan fingerprint density at radius 1 is 1.00 bits per heavy atom. The fraction of sp³-hybridized carbons (Fsp3) is 0.188. The molecule has 2 atom stereocenters. The number of carbonyl (C=O) groups is 3. The number of benzene rings is 2. The standard InChI is InChI=1S/C32H28N6O5/c1-37(29(39)16-20-4-9-27-28(15-20)43-32(36-27)35-23-3-2-12-34-17-23)24-7-5-21(6-8-24)25-18-38(19-26(25)31(41)42)30(40)22-10-13-33-14-11-22/h2-15,17,25-26H,16,18-19H2,1H3,(H,35,36)(H,41,42). The monoisotopic (exact) mass is 576 g/mol. The molecule has 4 heterocycles. The Labute approximate surface area is 246 Å². The molecule has 43 heavy (non-hydrogen) atoms. The Kier molecular flexibility index (Phi) is 7.52. The smallest absolute Gasteiger partial charge is 0.308 e. The van der Waals surface area contributed by atoms with E-state index in [1.807, 2.05) is 30.3 Å². The number of nitrogens with zero attached hydrogens (tertiary/aromatic N) is 5. The average Bonchev–Trinajstić information content (AvgIpc) is 3.66. The van der Waals surface area contributed by atoms with Crippen LogP contribution in [0.2, 0.25) is 0 Å². The van der Waals surface area contributed by atoms with Crippen molar-refractivity contribution in [3.8, 4) is 0 Å². The van der Waals surface area contributed by atoms with Gasteiger partial charge in [0.15, 0.2) is 5.58 Å². The predicted octanol–water partition coefficient (Wildman–Crippen LogP) is 4.51. The molecule has 0 bridgehead atoms. The Hall–Kier alpha value is -5.58. The van der Waals surface area contributed by atoms with Crippen molar-refractivity contribution in [2.75, 3.05) is 30.4 Å². The summed E-state index contributed by atoms with van der Waals surface area (Å²) in [5.74, 6) is -2.40. The number of aromatic nitrogens is 3. The number of carboxylic acid groups (broad SMARTS) is 1. The Balaban J connectivity index is 1.12. The number of likely N-dealkylation sites (N-methyl/N-ethyl adjacent to an activating group) is 1. The zero-order valence-corrected chi connectivity index (χ0v) is 23.3. The van der Waals surface area contributed by atoms with E-state index in [0.717, 1.165) is 16.8 Å². The summed E-state index contributed by atoms with van der Waals surface area (Å²) in [7, 11) is 1.70. The van der Waals surface area contributed by atoms with Gasteiger partial charge in [0.25, 0.3) is 11.9 Å². The first-order chi connectivity index (χ1) is 20.9. The number of carboxylic acids is 1. The molecule has 0 radical (unpaired) electrons. The summed E-state index contributed by atoms with van der Waals surface area (Å²) in [6.45, 7) is 0.410. The number of likely N-dealkylation sites (tertiary alicyclic amines) is 1. The van der Waals surface area contributed by atoms with Gasteiger partial charge in [-0.15, -0.1) is 0 Å². The van der Waals surface area contributed by atoms with Gasteiger partial charge in [-0.3, -0.25) is 24.4 Å². The number of hydrogen-bond acceptors (Lipinski definition) is 8. The molecule has 11 nitrogen and oxygen atoms in total. The lowest BCUT2D eigenvalue weighted by Crippen LogP contribution is -2.29. The number of pyridine rings is 2. The highest BCUT2D eigenvalue weighted by Gasteiger charge is 2.40. The number of hydrogen-bond donors (Lipinski definition) is 2. The first-order valence-electron chi connectivity index (χ1n) is 13.7. The van der Waals surface area contributed by atoms with Gasteiger partial charge in [-0.25, -0.2) is 0 Å². The molecule has 0 aliphatic carbocycles. The number of rotatable bonds is 8. The Morgan fingerprint density at radius 2 is 1.79 bits per heavy atom. The van der Waals surface area contributed by atoms with Gasteiger partial charge >= 0.3 is 5.97 Å². The Morgan fingerprint density at radius 3 is 2.51 bits per heavy atom. The molecule has 1 fully saturated rings. The van der Waals surface area contributed by atoms with Crippen LogP contribution < -0.4 is 10.2 Å². The number of carbonyl (C=O) groups excluding carboxylic acids is 2. The van der Waals surface area contributed by atoms with Gasteiger partial charge in [-0.05, 0) is 59.7 Å². The first kappa shape index (κ1) is 27.6. The van der Waals surface area contributed by atoms with Crippen LogP contribution in [0.5, 0.6) is 0 Å². The highest BCUT2D eigenvalue weighted by atomic mass is 16.4. The molecule has 2 amide bonds. The van der Waals surface area contributed by atoms with Crippen molar-refractivity contribution in [1.29, 1.82) is 0 Å². The highest BCUT2D eigenvalue weighted by molar-refractivity contribution is 5.95. The van der Waals surface area contributed by atoms with Crippen molar-refractivity contribution in [1.82, 2.24) is 19.9 Å². The van der Waals surface area contributed by atoms with Crippen molar-refractivity contribution >= 4 is 46.3 Å². The molecule has 1 aliphatic heterocycles. The minimum atomic E-state index is -0.949. The quantitative estimate of drug-likeness (QED) is 0.273. The molecule has 3 aromatic heterocycles. The zero-order chi connectivity index (χ0) is 29.9. The first-order valence-corrected chi connectivity index (χ1v) is 13.7. The lowest BCUT2D eigenvalue weighted by Gasteiger charge is -2.20. The van der Waals surface area contributed by atoms with Crippen LogP contribution >= 0.6 is 0 Å².